The molecular formula is C28H24ClN3O4. The van der Waals surface area contributed by atoms with Gasteiger partial charge in [-0.2, -0.15) is 5.10 Å². The highest BCUT2D eigenvalue weighted by atomic mass is 35.5. The number of hydrogen-bond acceptors (Lipinski definition) is 6. The van der Waals surface area contributed by atoms with E-state index in [-0.39, 0.29) is 5.91 Å². The molecule has 1 aromatic heterocycles. The molecule has 36 heavy (non-hydrogen) atoms. The molecule has 1 aliphatic rings. The van der Waals surface area contributed by atoms with Crippen LogP contribution in [-0.4, -0.2) is 42.9 Å². The van der Waals surface area contributed by atoms with E-state index >= 15 is 0 Å². The molecule has 5 rings (SSSR count). The summed E-state index contributed by atoms with van der Waals surface area (Å²) < 4.78 is 16.2. The van der Waals surface area contributed by atoms with Gasteiger partial charge in [0.05, 0.1) is 38.6 Å². The second kappa shape index (κ2) is 9.87. The van der Waals surface area contributed by atoms with Crippen LogP contribution in [0.2, 0.25) is 5.15 Å². The van der Waals surface area contributed by atoms with Gasteiger partial charge in [-0.15, -0.1) is 0 Å². The van der Waals surface area contributed by atoms with E-state index in [1.807, 2.05) is 60.7 Å². The van der Waals surface area contributed by atoms with Crippen LogP contribution in [-0.2, 0) is 0 Å². The minimum atomic E-state index is -0.438. The molecule has 0 fully saturated rings. The molecule has 7 nitrogen and oxygen atoms in total. The van der Waals surface area contributed by atoms with Gasteiger partial charge in [0.25, 0.3) is 5.91 Å². The zero-order chi connectivity index (χ0) is 25.2. The fourth-order valence-corrected chi connectivity index (χ4v) is 4.62. The molecule has 182 valence electrons. The third-order valence-corrected chi connectivity index (χ3v) is 6.52. The zero-order valence-corrected chi connectivity index (χ0v) is 20.8. The van der Waals surface area contributed by atoms with Crippen molar-refractivity contribution in [1.82, 2.24) is 9.99 Å². The molecule has 0 spiro atoms. The number of fused-ring (bicyclic) bond motifs is 1. The molecule has 2 heterocycles. The van der Waals surface area contributed by atoms with E-state index in [0.717, 1.165) is 22.2 Å². The molecule has 3 aromatic carbocycles. The Balaban J connectivity index is 1.59. The Morgan fingerprint density at radius 2 is 1.69 bits per heavy atom. The predicted octanol–water partition coefficient (Wildman–Crippen LogP) is 5.91. The van der Waals surface area contributed by atoms with Gasteiger partial charge in [0.15, 0.2) is 11.5 Å². The Morgan fingerprint density at radius 1 is 0.917 bits per heavy atom. The molecule has 0 saturated heterocycles. The first-order chi connectivity index (χ1) is 17.5. The van der Waals surface area contributed by atoms with E-state index in [0.29, 0.717) is 39.9 Å². The van der Waals surface area contributed by atoms with Crippen molar-refractivity contribution >= 4 is 34.1 Å². The highest BCUT2D eigenvalue weighted by Crippen LogP contribution is 2.39. The van der Waals surface area contributed by atoms with Gasteiger partial charge in [-0.25, -0.2) is 9.99 Å². The third kappa shape index (κ3) is 4.33. The Labute approximate surface area is 213 Å². The summed E-state index contributed by atoms with van der Waals surface area (Å²) in [7, 11) is 4.78. The van der Waals surface area contributed by atoms with E-state index in [4.69, 9.17) is 30.9 Å². The number of benzene rings is 3. The summed E-state index contributed by atoms with van der Waals surface area (Å²) in [5, 5.41) is 7.47. The van der Waals surface area contributed by atoms with Crippen molar-refractivity contribution < 1.29 is 19.0 Å². The van der Waals surface area contributed by atoms with Crippen LogP contribution >= 0.6 is 11.6 Å². The van der Waals surface area contributed by atoms with E-state index in [1.165, 1.54) is 5.01 Å². The maximum atomic E-state index is 13.6. The Bertz CT molecular complexity index is 1470. The van der Waals surface area contributed by atoms with Crippen LogP contribution in [0.1, 0.15) is 33.9 Å². The van der Waals surface area contributed by atoms with Crippen LogP contribution in [0.25, 0.3) is 10.9 Å². The van der Waals surface area contributed by atoms with Gasteiger partial charge in [0.1, 0.15) is 10.9 Å². The van der Waals surface area contributed by atoms with Crippen molar-refractivity contribution in [2.75, 3.05) is 21.3 Å². The minimum Gasteiger partial charge on any atom is -0.497 e. The van der Waals surface area contributed by atoms with Crippen molar-refractivity contribution in [2.24, 2.45) is 5.10 Å². The average molecular weight is 502 g/mol. The molecule has 1 atom stereocenters. The number of aromatic nitrogens is 1. The smallest absolute Gasteiger partial charge is 0.274 e. The summed E-state index contributed by atoms with van der Waals surface area (Å²) in [6, 6.07) is 21.8. The second-order valence-corrected chi connectivity index (χ2v) is 8.64. The summed E-state index contributed by atoms with van der Waals surface area (Å²) in [6.45, 7) is 0. The number of hydrogen-bond donors (Lipinski definition) is 0. The van der Waals surface area contributed by atoms with Crippen molar-refractivity contribution in [3.05, 3.63) is 94.6 Å². The van der Waals surface area contributed by atoms with Gasteiger partial charge < -0.3 is 14.2 Å². The molecule has 0 N–H and O–H groups in total. The van der Waals surface area contributed by atoms with Gasteiger partial charge in [0, 0.05) is 34.6 Å². The standard InChI is InChI=1S/C28H24ClN3O4/c1-34-20-11-9-18-13-21(27(29)30-22(18)15-20)24-16-23(19-10-12-25(35-2)26(14-19)36-3)31-32(24)28(33)17-7-5-4-6-8-17/h4-15,24H,16H2,1-3H3. The first kappa shape index (κ1) is 23.6. The summed E-state index contributed by atoms with van der Waals surface area (Å²) in [5.41, 5.74) is 3.53. The molecule has 0 aliphatic carbocycles. The van der Waals surface area contributed by atoms with Gasteiger partial charge in [-0.05, 0) is 48.5 Å². The number of ether oxygens (including phenoxy) is 3. The van der Waals surface area contributed by atoms with E-state index in [9.17, 15) is 4.79 Å². The number of methoxy groups -OCH3 is 3. The van der Waals surface area contributed by atoms with E-state index in [1.54, 1.807) is 33.5 Å². The Hall–Kier alpha value is -4.10. The van der Waals surface area contributed by atoms with Crippen LogP contribution in [0, 0.1) is 0 Å². The zero-order valence-electron chi connectivity index (χ0n) is 20.1. The van der Waals surface area contributed by atoms with Crippen LogP contribution in [0.4, 0.5) is 0 Å². The quantitative estimate of drug-likeness (QED) is 0.307. The predicted molar refractivity (Wildman–Crippen MR) is 139 cm³/mol. The highest BCUT2D eigenvalue weighted by Gasteiger charge is 2.35. The van der Waals surface area contributed by atoms with Crippen molar-refractivity contribution in [3.8, 4) is 17.2 Å². The molecule has 0 saturated carbocycles. The van der Waals surface area contributed by atoms with Gasteiger partial charge in [-0.1, -0.05) is 29.8 Å². The van der Waals surface area contributed by atoms with Crippen LogP contribution in [0.3, 0.4) is 0 Å². The van der Waals surface area contributed by atoms with E-state index < -0.39 is 6.04 Å². The lowest BCUT2D eigenvalue weighted by Crippen LogP contribution is -2.27. The maximum absolute atomic E-state index is 13.6. The molecule has 0 bridgehead atoms. The fraction of sp³-hybridized carbons (Fsp3) is 0.179. The molecule has 8 heteroatoms. The van der Waals surface area contributed by atoms with Crippen LogP contribution in [0.15, 0.2) is 77.9 Å². The SMILES string of the molecule is COc1ccc2cc(C3CC(c4ccc(OC)c(OC)c4)=NN3C(=O)c3ccccc3)c(Cl)nc2c1. The van der Waals surface area contributed by atoms with Crippen LogP contribution in [0.5, 0.6) is 17.2 Å². The lowest BCUT2D eigenvalue weighted by atomic mass is 9.97. The monoisotopic (exact) mass is 501 g/mol. The summed E-state index contributed by atoms with van der Waals surface area (Å²) in [6.07, 6.45) is 0.455. The fourth-order valence-electron chi connectivity index (χ4n) is 4.34. The summed E-state index contributed by atoms with van der Waals surface area (Å²) >= 11 is 6.70. The van der Waals surface area contributed by atoms with Gasteiger partial charge >= 0.3 is 0 Å². The molecule has 0 radical (unpaired) electrons. The van der Waals surface area contributed by atoms with Crippen molar-refractivity contribution in [1.29, 1.82) is 0 Å². The molecule has 1 unspecified atom stereocenters. The lowest BCUT2D eigenvalue weighted by Gasteiger charge is -2.23. The van der Waals surface area contributed by atoms with Crippen LogP contribution < -0.4 is 14.2 Å². The number of pyridine rings is 1. The first-order valence-corrected chi connectivity index (χ1v) is 11.7. The largest absolute Gasteiger partial charge is 0.497 e. The third-order valence-electron chi connectivity index (χ3n) is 6.22. The normalized spacial score (nSPS) is 15.1. The number of rotatable bonds is 6. The van der Waals surface area contributed by atoms with E-state index in [2.05, 4.69) is 4.98 Å². The maximum Gasteiger partial charge on any atom is 0.274 e. The second-order valence-electron chi connectivity index (χ2n) is 8.28. The van der Waals surface area contributed by atoms with Crippen molar-refractivity contribution in [2.45, 2.75) is 12.5 Å². The van der Waals surface area contributed by atoms with Gasteiger partial charge in [0.2, 0.25) is 0 Å². The first-order valence-electron chi connectivity index (χ1n) is 11.3. The highest BCUT2D eigenvalue weighted by molar-refractivity contribution is 6.30. The number of hydrazone groups is 1. The molecule has 1 amide bonds. The number of carbonyl (C=O) groups is 1. The van der Waals surface area contributed by atoms with Gasteiger partial charge in [-0.3, -0.25) is 4.79 Å². The Kier molecular flexibility index (Phi) is 6.48. The minimum absolute atomic E-state index is 0.220. The number of nitrogens with zero attached hydrogens (tertiary/aromatic N) is 3. The Morgan fingerprint density at radius 3 is 2.42 bits per heavy atom. The topological polar surface area (TPSA) is 73.2 Å². The molecule has 1 aliphatic heterocycles. The summed E-state index contributed by atoms with van der Waals surface area (Å²) in [4.78, 5) is 18.2. The average Bonchev–Trinajstić information content (AvgIpc) is 3.37. The van der Waals surface area contributed by atoms with Crippen molar-refractivity contribution in [3.63, 3.8) is 0 Å². The summed E-state index contributed by atoms with van der Waals surface area (Å²) in [5.74, 6) is 1.67. The molecule has 4 aromatic rings. The molecular weight excluding hydrogens is 478 g/mol. The number of carbonyl (C=O) groups excluding carboxylic acids is 1. The number of halogens is 1. The lowest BCUT2D eigenvalue weighted by molar-refractivity contribution is 0.0711. The number of amides is 1.